The summed E-state index contributed by atoms with van der Waals surface area (Å²) < 4.78 is 0. The van der Waals surface area contributed by atoms with Crippen LogP contribution in [0.2, 0.25) is 0 Å². The van der Waals surface area contributed by atoms with Gasteiger partial charge in [0.15, 0.2) is 0 Å². The molecule has 0 aliphatic heterocycles. The van der Waals surface area contributed by atoms with E-state index in [1.54, 1.807) is 13.8 Å². The van der Waals surface area contributed by atoms with Gasteiger partial charge in [-0.15, -0.1) is 0 Å². The Labute approximate surface area is 188 Å². The van der Waals surface area contributed by atoms with Crippen LogP contribution >= 0.6 is 0 Å². The number of amides is 3. The summed E-state index contributed by atoms with van der Waals surface area (Å²) in [4.78, 5) is 56.6. The first-order valence-corrected chi connectivity index (χ1v) is 10.9. The van der Waals surface area contributed by atoms with Gasteiger partial charge in [0, 0.05) is 18.3 Å². The summed E-state index contributed by atoms with van der Waals surface area (Å²) >= 11 is 0. The van der Waals surface area contributed by atoms with Crippen LogP contribution in [0, 0.1) is 11.8 Å². The fourth-order valence-electron chi connectivity index (χ4n) is 3.01. The van der Waals surface area contributed by atoms with Gasteiger partial charge in [0.2, 0.25) is 17.7 Å². The number of carbonyl (C=O) groups is 4. The second kappa shape index (κ2) is 12.8. The third kappa shape index (κ3) is 7.95. The molecule has 11 heteroatoms. The Morgan fingerprint density at radius 3 is 2.00 bits per heavy atom. The lowest BCUT2D eigenvalue weighted by atomic mass is 9.95. The maximum absolute atomic E-state index is 13.1. The van der Waals surface area contributed by atoms with E-state index in [4.69, 9.17) is 5.73 Å². The van der Waals surface area contributed by atoms with Crippen molar-refractivity contribution in [2.75, 3.05) is 0 Å². The summed E-state index contributed by atoms with van der Waals surface area (Å²) in [6.07, 6.45) is 4.22. The number of aromatic amines is 1. The van der Waals surface area contributed by atoms with Crippen molar-refractivity contribution in [2.45, 2.75) is 78.0 Å². The number of imidazole rings is 1. The molecule has 1 aromatic heterocycles. The predicted molar refractivity (Wildman–Crippen MR) is 118 cm³/mol. The Kier molecular flexibility index (Phi) is 10.8. The summed E-state index contributed by atoms with van der Waals surface area (Å²) in [5.41, 5.74) is 6.23. The summed E-state index contributed by atoms with van der Waals surface area (Å²) in [5, 5.41) is 17.3. The average molecular weight is 453 g/mol. The Morgan fingerprint density at radius 1 is 0.969 bits per heavy atom. The minimum absolute atomic E-state index is 0.115. The van der Waals surface area contributed by atoms with Gasteiger partial charge in [-0.1, -0.05) is 40.5 Å². The molecule has 32 heavy (non-hydrogen) atoms. The summed E-state index contributed by atoms with van der Waals surface area (Å²) in [7, 11) is 0. The van der Waals surface area contributed by atoms with Crippen LogP contribution in [0.5, 0.6) is 0 Å². The van der Waals surface area contributed by atoms with Crippen molar-refractivity contribution in [3.05, 3.63) is 18.2 Å². The van der Waals surface area contributed by atoms with Crippen molar-refractivity contribution in [1.82, 2.24) is 25.9 Å². The standard InChI is InChI=1S/C21H36N6O5/c1-6-11(3)16(20(30)27-17(21(31)32)12(4)7-2)26-19(29)15(25-18(28)13(5)22)8-14-9-23-10-24-14/h9-13,15-17H,6-8,22H2,1-5H3,(H,23,24)(H,25,28)(H,26,29)(H,27,30)(H,31,32). The van der Waals surface area contributed by atoms with Crippen LogP contribution in [0.25, 0.3) is 0 Å². The van der Waals surface area contributed by atoms with E-state index in [0.717, 1.165) is 0 Å². The van der Waals surface area contributed by atoms with E-state index in [1.807, 2.05) is 13.8 Å². The number of carboxylic acids is 1. The number of nitrogens with two attached hydrogens (primary N) is 1. The smallest absolute Gasteiger partial charge is 0.326 e. The highest BCUT2D eigenvalue weighted by Crippen LogP contribution is 2.13. The Hall–Kier alpha value is -2.95. The molecule has 6 unspecified atom stereocenters. The Bertz CT molecular complexity index is 767. The van der Waals surface area contributed by atoms with Gasteiger partial charge in [-0.25, -0.2) is 9.78 Å². The van der Waals surface area contributed by atoms with Crippen LogP contribution < -0.4 is 21.7 Å². The summed E-state index contributed by atoms with van der Waals surface area (Å²) in [6.45, 7) is 8.72. The van der Waals surface area contributed by atoms with Gasteiger partial charge >= 0.3 is 5.97 Å². The number of nitrogens with one attached hydrogen (secondary N) is 4. The second-order valence-corrected chi connectivity index (χ2v) is 8.21. The minimum atomic E-state index is -1.14. The molecule has 7 N–H and O–H groups in total. The molecule has 0 saturated carbocycles. The topological polar surface area (TPSA) is 179 Å². The molecule has 0 aliphatic carbocycles. The van der Waals surface area contributed by atoms with E-state index in [1.165, 1.54) is 19.4 Å². The largest absolute Gasteiger partial charge is 0.480 e. The monoisotopic (exact) mass is 452 g/mol. The molecule has 0 saturated heterocycles. The van der Waals surface area contributed by atoms with Crippen LogP contribution in [0.3, 0.4) is 0 Å². The highest BCUT2D eigenvalue weighted by Gasteiger charge is 2.34. The Morgan fingerprint density at radius 2 is 1.53 bits per heavy atom. The highest BCUT2D eigenvalue weighted by atomic mass is 16.4. The second-order valence-electron chi connectivity index (χ2n) is 8.21. The molecule has 1 aromatic rings. The van der Waals surface area contributed by atoms with Crippen LogP contribution in [-0.2, 0) is 25.6 Å². The van der Waals surface area contributed by atoms with Gasteiger partial charge in [-0.05, 0) is 18.8 Å². The number of nitrogens with zero attached hydrogens (tertiary/aromatic N) is 1. The van der Waals surface area contributed by atoms with Gasteiger partial charge in [0.1, 0.15) is 18.1 Å². The molecule has 0 aromatic carbocycles. The zero-order valence-corrected chi connectivity index (χ0v) is 19.3. The van der Waals surface area contributed by atoms with Crippen molar-refractivity contribution in [1.29, 1.82) is 0 Å². The first-order valence-electron chi connectivity index (χ1n) is 10.9. The number of aliphatic carboxylic acids is 1. The van der Waals surface area contributed by atoms with Crippen LogP contribution in [0.1, 0.15) is 53.2 Å². The van der Waals surface area contributed by atoms with Crippen LogP contribution in [0.4, 0.5) is 0 Å². The number of rotatable bonds is 13. The van der Waals surface area contributed by atoms with E-state index in [9.17, 15) is 24.3 Å². The first kappa shape index (κ1) is 27.1. The fraction of sp³-hybridized carbons (Fsp3) is 0.667. The van der Waals surface area contributed by atoms with Crippen molar-refractivity contribution >= 4 is 23.7 Å². The molecular formula is C21H36N6O5. The quantitative estimate of drug-likeness (QED) is 0.242. The SMILES string of the molecule is CCC(C)C(NC(=O)C(NC(=O)C(Cc1cnc[nH]1)NC(=O)C(C)N)C(C)CC)C(=O)O. The molecular weight excluding hydrogens is 416 g/mol. The summed E-state index contributed by atoms with van der Waals surface area (Å²) in [6, 6.07) is -3.88. The molecule has 1 rings (SSSR count). The molecule has 180 valence electrons. The lowest BCUT2D eigenvalue weighted by molar-refractivity contribution is -0.144. The number of aromatic nitrogens is 2. The first-order chi connectivity index (χ1) is 15.0. The lowest BCUT2D eigenvalue weighted by Crippen LogP contribution is -2.59. The van der Waals surface area contributed by atoms with Gasteiger partial charge < -0.3 is 31.8 Å². The third-order valence-corrected chi connectivity index (χ3v) is 5.60. The van der Waals surface area contributed by atoms with Crippen molar-refractivity contribution in [3.63, 3.8) is 0 Å². The number of carbonyl (C=O) groups excluding carboxylic acids is 3. The molecule has 0 bridgehead atoms. The predicted octanol–water partition coefficient (Wildman–Crippen LogP) is -0.0694. The molecule has 3 amide bonds. The highest BCUT2D eigenvalue weighted by molar-refractivity contribution is 5.94. The normalized spacial score (nSPS) is 16.7. The molecule has 0 aliphatic rings. The number of hydrogen-bond donors (Lipinski definition) is 6. The third-order valence-electron chi connectivity index (χ3n) is 5.60. The van der Waals surface area contributed by atoms with Gasteiger partial charge in [-0.2, -0.15) is 0 Å². The van der Waals surface area contributed by atoms with Gasteiger partial charge in [0.05, 0.1) is 12.4 Å². The van der Waals surface area contributed by atoms with E-state index in [0.29, 0.717) is 18.5 Å². The number of hydrogen-bond acceptors (Lipinski definition) is 6. The Balaban J connectivity index is 3.06. The molecule has 6 atom stereocenters. The van der Waals surface area contributed by atoms with Gasteiger partial charge in [0.25, 0.3) is 0 Å². The average Bonchev–Trinajstić information content (AvgIpc) is 3.26. The van der Waals surface area contributed by atoms with E-state index in [-0.39, 0.29) is 18.3 Å². The zero-order valence-electron chi connectivity index (χ0n) is 19.3. The molecule has 0 radical (unpaired) electrons. The molecule has 1 heterocycles. The molecule has 11 nitrogen and oxygen atoms in total. The number of carboxylic acid groups (broad SMARTS) is 1. The van der Waals surface area contributed by atoms with Crippen LogP contribution in [-0.4, -0.2) is 62.9 Å². The van der Waals surface area contributed by atoms with Crippen molar-refractivity contribution in [3.8, 4) is 0 Å². The maximum Gasteiger partial charge on any atom is 0.326 e. The lowest BCUT2D eigenvalue weighted by Gasteiger charge is -2.29. The number of H-pyrrole nitrogens is 1. The molecule has 0 fully saturated rings. The summed E-state index contributed by atoms with van der Waals surface area (Å²) in [5.74, 6) is -3.38. The van der Waals surface area contributed by atoms with Crippen molar-refractivity contribution < 1.29 is 24.3 Å². The molecule has 0 spiro atoms. The van der Waals surface area contributed by atoms with Crippen molar-refractivity contribution in [2.24, 2.45) is 17.6 Å². The van der Waals surface area contributed by atoms with Crippen LogP contribution in [0.15, 0.2) is 12.5 Å². The van der Waals surface area contributed by atoms with E-state index < -0.39 is 47.9 Å². The fourth-order valence-corrected chi connectivity index (χ4v) is 3.01. The van der Waals surface area contributed by atoms with E-state index >= 15 is 0 Å². The van der Waals surface area contributed by atoms with E-state index in [2.05, 4.69) is 25.9 Å². The maximum atomic E-state index is 13.1. The zero-order chi connectivity index (χ0) is 24.4. The minimum Gasteiger partial charge on any atom is -0.480 e. The van der Waals surface area contributed by atoms with Gasteiger partial charge in [-0.3, -0.25) is 14.4 Å².